The third kappa shape index (κ3) is 7.21. The number of carbonyl (C=O) groups excluding carboxylic acids is 3. The van der Waals surface area contributed by atoms with Gasteiger partial charge >= 0.3 is 0 Å². The topological polar surface area (TPSA) is 148 Å². The Labute approximate surface area is 265 Å². The molecule has 0 saturated heterocycles. The van der Waals surface area contributed by atoms with Crippen molar-refractivity contribution in [2.75, 3.05) is 30.8 Å². The van der Waals surface area contributed by atoms with Gasteiger partial charge in [0, 0.05) is 25.1 Å². The maximum absolute atomic E-state index is 14.0. The molecule has 1 aliphatic rings. The number of hydrogen-bond acceptors (Lipinski definition) is 9. The fourth-order valence-electron chi connectivity index (χ4n) is 5.28. The molecule has 0 aliphatic carbocycles. The summed E-state index contributed by atoms with van der Waals surface area (Å²) < 4.78 is 2.54. The molecule has 0 saturated carbocycles. The number of nitrogens with zero attached hydrogens (tertiary/aromatic N) is 5. The molecule has 2 atom stereocenters. The lowest BCUT2D eigenvalue weighted by atomic mass is 10.0. The molecule has 1 aliphatic heterocycles. The average molecular weight is 635 g/mol. The molecule has 0 fully saturated rings. The van der Waals surface area contributed by atoms with E-state index in [4.69, 9.17) is 15.8 Å². The lowest BCUT2D eigenvalue weighted by Crippen LogP contribution is -2.49. The van der Waals surface area contributed by atoms with Crippen molar-refractivity contribution < 1.29 is 14.4 Å². The van der Waals surface area contributed by atoms with Gasteiger partial charge in [0.2, 0.25) is 11.8 Å². The Morgan fingerprint density at radius 3 is 2.61 bits per heavy atom. The molecule has 0 spiro atoms. The number of anilines is 1. The van der Waals surface area contributed by atoms with Crippen LogP contribution in [0.15, 0.2) is 48.5 Å². The van der Waals surface area contributed by atoms with Gasteiger partial charge in [0.1, 0.15) is 6.04 Å². The standard InChI is InChI=1S/C31H38N8O3S2/c1-19(2)25-28-36-27(20-9-5-4-6-10-20)37-39(28)17-16-38(30(42)21-11-7-12-22-26(21)44-31(32)34-22)15-8-13-24(40)33-23(14-18-43-3)29(41)35-25/h4-7,9-12,19,23,25H,8,13-18H2,1-3H3,(H2,32,34)(H,33,40)(H,35,41)/t23-,25+/m0/s1. The Hall–Kier alpha value is -3.97. The fourth-order valence-corrected chi connectivity index (χ4v) is 6.59. The first-order chi connectivity index (χ1) is 21.2. The van der Waals surface area contributed by atoms with Crippen LogP contribution in [0.5, 0.6) is 0 Å². The lowest BCUT2D eigenvalue weighted by molar-refractivity contribution is -0.129. The number of rotatable bonds is 6. The third-order valence-corrected chi connectivity index (χ3v) is 9.18. The summed E-state index contributed by atoms with van der Waals surface area (Å²) in [5.74, 6) is 1.21. The second-order valence-electron chi connectivity index (χ2n) is 11.1. The number of nitrogen functional groups attached to an aromatic ring is 1. The van der Waals surface area contributed by atoms with Crippen LogP contribution in [0.25, 0.3) is 21.6 Å². The van der Waals surface area contributed by atoms with Gasteiger partial charge in [-0.05, 0) is 42.9 Å². The molecule has 0 unspecified atom stereocenters. The molecule has 232 valence electrons. The van der Waals surface area contributed by atoms with Crippen molar-refractivity contribution >= 4 is 56.2 Å². The van der Waals surface area contributed by atoms with Crippen LogP contribution >= 0.6 is 23.1 Å². The monoisotopic (exact) mass is 634 g/mol. The van der Waals surface area contributed by atoms with E-state index < -0.39 is 12.1 Å². The largest absolute Gasteiger partial charge is 0.375 e. The molecule has 4 aromatic rings. The van der Waals surface area contributed by atoms with E-state index in [9.17, 15) is 14.4 Å². The average Bonchev–Trinajstić information content (AvgIpc) is 3.61. The number of carbonyl (C=O) groups is 3. The van der Waals surface area contributed by atoms with Gasteiger partial charge < -0.3 is 21.3 Å². The van der Waals surface area contributed by atoms with Crippen LogP contribution in [0.1, 0.15) is 55.3 Å². The number of nitrogens with two attached hydrogens (primary N) is 1. The summed E-state index contributed by atoms with van der Waals surface area (Å²) in [4.78, 5) is 51.7. The number of thiazole rings is 1. The second kappa shape index (κ2) is 14.2. The predicted molar refractivity (Wildman–Crippen MR) is 175 cm³/mol. The van der Waals surface area contributed by atoms with E-state index in [0.29, 0.717) is 60.3 Å². The molecule has 2 aromatic carbocycles. The SMILES string of the molecule is CSCC[C@@H]1NC(=O)CCCN(C(=O)c2cccc3nc(N)sc23)CCn2nc(-c3ccccc3)nc2[C@@H](C(C)C)NC1=O. The van der Waals surface area contributed by atoms with Gasteiger partial charge in [-0.3, -0.25) is 14.4 Å². The summed E-state index contributed by atoms with van der Waals surface area (Å²) in [5, 5.41) is 11.4. The molecule has 11 nitrogen and oxygen atoms in total. The molecule has 5 rings (SSSR count). The van der Waals surface area contributed by atoms with Crippen LogP contribution in [0, 0.1) is 5.92 Å². The fraction of sp³-hybridized carbons (Fsp3) is 0.419. The third-order valence-electron chi connectivity index (χ3n) is 7.60. The summed E-state index contributed by atoms with van der Waals surface area (Å²) in [6, 6.07) is 14.0. The van der Waals surface area contributed by atoms with Crippen LogP contribution in [-0.4, -0.2) is 73.5 Å². The minimum Gasteiger partial charge on any atom is -0.375 e. The Morgan fingerprint density at radius 2 is 1.86 bits per heavy atom. The van der Waals surface area contributed by atoms with Crippen molar-refractivity contribution in [2.24, 2.45) is 5.92 Å². The van der Waals surface area contributed by atoms with Crippen molar-refractivity contribution in [2.45, 2.75) is 51.7 Å². The van der Waals surface area contributed by atoms with Crippen LogP contribution in [-0.2, 0) is 16.1 Å². The summed E-state index contributed by atoms with van der Waals surface area (Å²) >= 11 is 2.91. The summed E-state index contributed by atoms with van der Waals surface area (Å²) in [6.45, 7) is 5.06. The number of nitrogens with one attached hydrogen (secondary N) is 2. The summed E-state index contributed by atoms with van der Waals surface area (Å²) in [6.07, 6.45) is 3.09. The molecule has 3 amide bonds. The maximum Gasteiger partial charge on any atom is 0.255 e. The number of hydrogen-bond donors (Lipinski definition) is 3. The number of thioether (sulfide) groups is 1. The van der Waals surface area contributed by atoms with Crippen molar-refractivity contribution in [3.8, 4) is 11.4 Å². The normalized spacial score (nSPS) is 18.5. The van der Waals surface area contributed by atoms with Crippen LogP contribution < -0.4 is 16.4 Å². The highest BCUT2D eigenvalue weighted by Crippen LogP contribution is 2.29. The highest BCUT2D eigenvalue weighted by atomic mass is 32.2. The van der Waals surface area contributed by atoms with Crippen molar-refractivity contribution in [1.29, 1.82) is 0 Å². The van der Waals surface area contributed by atoms with Crippen molar-refractivity contribution in [1.82, 2.24) is 35.3 Å². The molecule has 3 heterocycles. The molecule has 0 radical (unpaired) electrons. The Kier molecular flexibility index (Phi) is 10.2. The molecule has 4 N–H and O–H groups in total. The first-order valence-corrected chi connectivity index (χ1v) is 17.0. The first-order valence-electron chi connectivity index (χ1n) is 14.8. The van der Waals surface area contributed by atoms with Crippen molar-refractivity contribution in [3.05, 3.63) is 59.9 Å². The highest BCUT2D eigenvalue weighted by molar-refractivity contribution is 7.98. The van der Waals surface area contributed by atoms with E-state index in [1.807, 2.05) is 56.5 Å². The minimum atomic E-state index is -0.684. The van der Waals surface area contributed by atoms with Crippen LogP contribution in [0.3, 0.4) is 0 Å². The maximum atomic E-state index is 14.0. The Morgan fingerprint density at radius 1 is 1.07 bits per heavy atom. The number of amides is 3. The second-order valence-corrected chi connectivity index (χ2v) is 13.1. The lowest BCUT2D eigenvalue weighted by Gasteiger charge is -2.28. The molecule has 44 heavy (non-hydrogen) atoms. The van der Waals surface area contributed by atoms with E-state index in [1.165, 1.54) is 11.3 Å². The van der Waals surface area contributed by atoms with Crippen LogP contribution in [0.4, 0.5) is 5.13 Å². The molecule has 13 heteroatoms. The number of aromatic nitrogens is 4. The van der Waals surface area contributed by atoms with E-state index in [2.05, 4.69) is 15.6 Å². The highest BCUT2D eigenvalue weighted by Gasteiger charge is 2.30. The molecule has 2 aromatic heterocycles. The number of benzene rings is 2. The smallest absolute Gasteiger partial charge is 0.255 e. The number of fused-ring (bicyclic) bond motifs is 2. The first kappa shape index (κ1) is 31.5. The van der Waals surface area contributed by atoms with Gasteiger partial charge in [0.25, 0.3) is 5.91 Å². The minimum absolute atomic E-state index is 0.0255. The Bertz CT molecular complexity index is 1620. The van der Waals surface area contributed by atoms with Gasteiger partial charge in [0.05, 0.1) is 28.4 Å². The molecule has 0 bridgehead atoms. The predicted octanol–water partition coefficient (Wildman–Crippen LogP) is 4.12. The van der Waals surface area contributed by atoms with Gasteiger partial charge in [-0.25, -0.2) is 14.6 Å². The van der Waals surface area contributed by atoms with Gasteiger partial charge in [-0.1, -0.05) is 61.6 Å². The summed E-state index contributed by atoms with van der Waals surface area (Å²) in [5.41, 5.74) is 8.03. The van der Waals surface area contributed by atoms with Gasteiger partial charge in [0.15, 0.2) is 16.8 Å². The zero-order chi connectivity index (χ0) is 31.2. The quantitative estimate of drug-likeness (QED) is 0.287. The molecular formula is C31H38N8O3S2. The van der Waals surface area contributed by atoms with Crippen LogP contribution in [0.2, 0.25) is 0 Å². The van der Waals surface area contributed by atoms with Gasteiger partial charge in [-0.15, -0.1) is 0 Å². The van der Waals surface area contributed by atoms with E-state index >= 15 is 0 Å². The van der Waals surface area contributed by atoms with E-state index in [-0.39, 0.29) is 30.1 Å². The summed E-state index contributed by atoms with van der Waals surface area (Å²) in [7, 11) is 0. The Balaban J connectivity index is 1.54. The zero-order valence-corrected chi connectivity index (χ0v) is 26.8. The van der Waals surface area contributed by atoms with E-state index in [0.717, 1.165) is 16.0 Å². The van der Waals surface area contributed by atoms with Crippen molar-refractivity contribution in [3.63, 3.8) is 0 Å². The zero-order valence-electron chi connectivity index (χ0n) is 25.2. The molecular weight excluding hydrogens is 597 g/mol. The van der Waals surface area contributed by atoms with Gasteiger partial charge in [-0.2, -0.15) is 16.9 Å². The van der Waals surface area contributed by atoms with E-state index in [1.54, 1.807) is 33.5 Å².